The first-order valence-electron chi connectivity index (χ1n) is 8.33. The molecule has 142 valence electrons. The fraction of sp³-hybridized carbons (Fsp3) is 0.176. The van der Waals surface area contributed by atoms with Crippen molar-refractivity contribution in [3.05, 3.63) is 47.8 Å². The summed E-state index contributed by atoms with van der Waals surface area (Å²) in [5.74, 6) is 1.23. The summed E-state index contributed by atoms with van der Waals surface area (Å²) in [4.78, 5) is 31.6. The quantitative estimate of drug-likeness (QED) is 0.268. The number of carbonyl (C=O) groups is 1. The molecule has 0 bridgehead atoms. The van der Waals surface area contributed by atoms with Crippen molar-refractivity contribution in [1.82, 2.24) is 35.4 Å². The highest BCUT2D eigenvalue weighted by Gasteiger charge is 2.12. The van der Waals surface area contributed by atoms with Gasteiger partial charge in [-0.05, 0) is 11.6 Å². The second-order valence-corrected chi connectivity index (χ2v) is 7.07. The molecule has 0 spiro atoms. The van der Waals surface area contributed by atoms with E-state index in [0.717, 1.165) is 5.56 Å². The zero-order valence-corrected chi connectivity index (χ0v) is 16.0. The van der Waals surface area contributed by atoms with Crippen molar-refractivity contribution in [2.24, 2.45) is 0 Å². The summed E-state index contributed by atoms with van der Waals surface area (Å²) in [5.41, 5.74) is 2.06. The SMILES string of the molecule is O=C(CCSc1nc(Cl)nc2nc[nH]c12)NCc1nc(-c2ccccc2)no1. The Kier molecular flexibility index (Phi) is 5.49. The number of aromatic nitrogens is 6. The molecule has 28 heavy (non-hydrogen) atoms. The Hall–Kier alpha value is -2.98. The number of hydrogen-bond donors (Lipinski definition) is 2. The molecule has 1 aromatic carbocycles. The average Bonchev–Trinajstić information content (AvgIpc) is 3.36. The van der Waals surface area contributed by atoms with E-state index in [-0.39, 0.29) is 17.7 Å². The highest BCUT2D eigenvalue weighted by atomic mass is 35.5. The first-order valence-corrected chi connectivity index (χ1v) is 9.69. The maximum Gasteiger partial charge on any atom is 0.246 e. The third-order valence-electron chi connectivity index (χ3n) is 3.73. The summed E-state index contributed by atoms with van der Waals surface area (Å²) < 4.78 is 5.17. The van der Waals surface area contributed by atoms with Crippen LogP contribution in [-0.2, 0) is 11.3 Å². The van der Waals surface area contributed by atoms with Crippen LogP contribution >= 0.6 is 23.4 Å². The number of nitrogens with zero attached hydrogens (tertiary/aromatic N) is 5. The van der Waals surface area contributed by atoms with Crippen LogP contribution in [0.4, 0.5) is 0 Å². The predicted octanol–water partition coefficient (Wildman–Crippen LogP) is 2.85. The number of aromatic amines is 1. The van der Waals surface area contributed by atoms with E-state index in [9.17, 15) is 4.79 Å². The topological polar surface area (TPSA) is 122 Å². The normalized spacial score (nSPS) is 11.0. The number of fused-ring (bicyclic) bond motifs is 1. The van der Waals surface area contributed by atoms with Gasteiger partial charge in [0.25, 0.3) is 0 Å². The fourth-order valence-corrected chi connectivity index (χ4v) is 3.56. The van der Waals surface area contributed by atoms with Gasteiger partial charge in [-0.1, -0.05) is 35.5 Å². The van der Waals surface area contributed by atoms with E-state index in [1.165, 1.54) is 18.1 Å². The smallest absolute Gasteiger partial charge is 0.246 e. The zero-order chi connectivity index (χ0) is 19.3. The van der Waals surface area contributed by atoms with Gasteiger partial charge in [-0.25, -0.2) is 9.97 Å². The molecule has 9 nitrogen and oxygen atoms in total. The van der Waals surface area contributed by atoms with Crippen molar-refractivity contribution in [3.63, 3.8) is 0 Å². The van der Waals surface area contributed by atoms with Gasteiger partial charge in [0.15, 0.2) is 5.65 Å². The largest absolute Gasteiger partial charge is 0.347 e. The standard InChI is InChI=1S/C17H14ClN7O2S/c18-17-23-15-13(20-9-21-15)16(24-17)28-7-6-11(26)19-8-12-22-14(25-27-12)10-4-2-1-3-5-10/h1-5,9H,6-8H2,(H,19,26)(H,20,21,23,24). The van der Waals surface area contributed by atoms with Crippen molar-refractivity contribution in [2.45, 2.75) is 18.0 Å². The lowest BCUT2D eigenvalue weighted by Crippen LogP contribution is -2.23. The molecule has 0 saturated heterocycles. The number of carbonyl (C=O) groups excluding carboxylic acids is 1. The first-order chi connectivity index (χ1) is 13.7. The monoisotopic (exact) mass is 415 g/mol. The number of halogens is 1. The van der Waals surface area contributed by atoms with Crippen molar-refractivity contribution >= 4 is 40.4 Å². The lowest BCUT2D eigenvalue weighted by atomic mass is 10.2. The molecule has 2 N–H and O–H groups in total. The van der Waals surface area contributed by atoms with Crippen molar-refractivity contribution in [1.29, 1.82) is 0 Å². The van der Waals surface area contributed by atoms with Crippen LogP contribution in [0.1, 0.15) is 12.3 Å². The molecular formula is C17H14ClN7O2S. The van der Waals surface area contributed by atoms with E-state index in [4.69, 9.17) is 16.1 Å². The Bertz CT molecular complexity index is 1100. The number of thioether (sulfide) groups is 1. The van der Waals surface area contributed by atoms with Crippen molar-refractivity contribution in [3.8, 4) is 11.4 Å². The summed E-state index contributed by atoms with van der Waals surface area (Å²) >= 11 is 7.30. The van der Waals surface area contributed by atoms with Crippen LogP contribution in [0.3, 0.4) is 0 Å². The van der Waals surface area contributed by atoms with Gasteiger partial charge in [0.2, 0.25) is 22.9 Å². The van der Waals surface area contributed by atoms with Gasteiger partial charge in [0.1, 0.15) is 10.5 Å². The molecule has 3 heterocycles. The number of imidazole rings is 1. The van der Waals surface area contributed by atoms with Crippen LogP contribution in [0.15, 0.2) is 46.2 Å². The second kappa shape index (κ2) is 8.36. The minimum Gasteiger partial charge on any atom is -0.347 e. The highest BCUT2D eigenvalue weighted by Crippen LogP contribution is 2.24. The van der Waals surface area contributed by atoms with Crippen LogP contribution < -0.4 is 5.32 Å². The van der Waals surface area contributed by atoms with Crippen LogP contribution in [0.5, 0.6) is 0 Å². The molecular weight excluding hydrogens is 402 g/mol. The number of H-pyrrole nitrogens is 1. The fourth-order valence-electron chi connectivity index (χ4n) is 2.42. The van der Waals surface area contributed by atoms with E-state index in [1.54, 1.807) is 0 Å². The van der Waals surface area contributed by atoms with Gasteiger partial charge in [-0.2, -0.15) is 9.97 Å². The number of rotatable bonds is 7. The number of benzene rings is 1. The van der Waals surface area contributed by atoms with Gasteiger partial charge in [0, 0.05) is 17.7 Å². The maximum atomic E-state index is 12.1. The summed E-state index contributed by atoms with van der Waals surface area (Å²) in [6, 6.07) is 9.48. The zero-order valence-electron chi connectivity index (χ0n) is 14.4. The van der Waals surface area contributed by atoms with Crippen LogP contribution in [0, 0.1) is 0 Å². The molecule has 0 aliphatic rings. The summed E-state index contributed by atoms with van der Waals surface area (Å²) in [5, 5.41) is 7.47. The molecule has 4 aromatic rings. The second-order valence-electron chi connectivity index (χ2n) is 5.65. The summed E-state index contributed by atoms with van der Waals surface area (Å²) in [6.45, 7) is 0.174. The average molecular weight is 416 g/mol. The van der Waals surface area contributed by atoms with E-state index in [1.807, 2.05) is 30.3 Å². The maximum absolute atomic E-state index is 12.1. The third kappa shape index (κ3) is 4.29. The number of amides is 1. The molecule has 0 aliphatic carbocycles. The summed E-state index contributed by atoms with van der Waals surface area (Å²) in [7, 11) is 0. The van der Waals surface area contributed by atoms with Gasteiger partial charge in [-0.15, -0.1) is 11.8 Å². The summed E-state index contributed by atoms with van der Waals surface area (Å²) in [6.07, 6.45) is 1.82. The molecule has 0 unspecified atom stereocenters. The minimum atomic E-state index is -0.132. The molecule has 11 heteroatoms. The van der Waals surface area contributed by atoms with E-state index in [0.29, 0.717) is 40.1 Å². The van der Waals surface area contributed by atoms with Gasteiger partial charge < -0.3 is 14.8 Å². The Morgan fingerprint density at radius 3 is 2.93 bits per heavy atom. The minimum absolute atomic E-state index is 0.122. The third-order valence-corrected chi connectivity index (χ3v) is 4.88. The van der Waals surface area contributed by atoms with Crippen LogP contribution in [0.25, 0.3) is 22.6 Å². The Labute approximate surface area is 168 Å². The number of nitrogens with one attached hydrogen (secondary N) is 2. The Morgan fingerprint density at radius 1 is 1.21 bits per heavy atom. The van der Waals surface area contributed by atoms with Crippen molar-refractivity contribution < 1.29 is 9.32 Å². The van der Waals surface area contributed by atoms with E-state index < -0.39 is 0 Å². The molecule has 0 saturated carbocycles. The molecule has 0 aliphatic heterocycles. The molecule has 0 atom stereocenters. The van der Waals surface area contributed by atoms with Crippen LogP contribution in [0.2, 0.25) is 5.28 Å². The van der Waals surface area contributed by atoms with Crippen LogP contribution in [-0.4, -0.2) is 41.7 Å². The number of hydrogen-bond acceptors (Lipinski definition) is 8. The predicted molar refractivity (Wildman–Crippen MR) is 104 cm³/mol. The first kappa shape index (κ1) is 18.4. The molecule has 0 radical (unpaired) electrons. The van der Waals surface area contributed by atoms with E-state index in [2.05, 4.69) is 35.4 Å². The Balaban J connectivity index is 1.27. The van der Waals surface area contributed by atoms with Crippen molar-refractivity contribution in [2.75, 3.05) is 5.75 Å². The van der Waals surface area contributed by atoms with Gasteiger partial charge in [-0.3, -0.25) is 4.79 Å². The van der Waals surface area contributed by atoms with E-state index >= 15 is 0 Å². The molecule has 4 rings (SSSR count). The lowest BCUT2D eigenvalue weighted by Gasteiger charge is -2.03. The van der Waals surface area contributed by atoms with Gasteiger partial charge >= 0.3 is 0 Å². The van der Waals surface area contributed by atoms with Gasteiger partial charge in [0.05, 0.1) is 12.9 Å². The molecule has 1 amide bonds. The molecule has 3 aromatic heterocycles. The Morgan fingerprint density at radius 2 is 2.07 bits per heavy atom. The highest BCUT2D eigenvalue weighted by molar-refractivity contribution is 7.99. The molecule has 0 fully saturated rings. The lowest BCUT2D eigenvalue weighted by molar-refractivity contribution is -0.120.